The number of nitro groups is 1. The van der Waals surface area contributed by atoms with Gasteiger partial charge >= 0.3 is 0 Å². The van der Waals surface area contributed by atoms with Crippen LogP contribution < -0.4 is 15.5 Å². The number of hydrogen-bond acceptors (Lipinski definition) is 5. The van der Waals surface area contributed by atoms with E-state index in [1.807, 2.05) is 43.3 Å². The predicted molar refractivity (Wildman–Crippen MR) is 137 cm³/mol. The van der Waals surface area contributed by atoms with Crippen LogP contribution in [0, 0.1) is 17.0 Å². The molecule has 0 saturated carbocycles. The smallest absolute Gasteiger partial charge is 0.272 e. The summed E-state index contributed by atoms with van der Waals surface area (Å²) in [6, 6.07) is 18.5. The molecule has 0 bridgehead atoms. The molecule has 0 radical (unpaired) electrons. The van der Waals surface area contributed by atoms with Gasteiger partial charge in [0, 0.05) is 36.4 Å². The fourth-order valence-corrected chi connectivity index (χ4v) is 3.54. The molecule has 0 aliphatic carbocycles. The summed E-state index contributed by atoms with van der Waals surface area (Å²) >= 11 is 3.35. The number of halogens is 1. The number of benzene rings is 3. The third-order valence-corrected chi connectivity index (χ3v) is 5.70. The minimum atomic E-state index is -0.610. The van der Waals surface area contributed by atoms with Crippen LogP contribution >= 0.6 is 15.9 Å². The maximum absolute atomic E-state index is 13.2. The minimum absolute atomic E-state index is 0.00994. The lowest BCUT2D eigenvalue weighted by Crippen LogP contribution is -2.31. The Morgan fingerprint density at radius 1 is 1.03 bits per heavy atom. The number of rotatable bonds is 7. The molecule has 0 spiro atoms. The summed E-state index contributed by atoms with van der Waals surface area (Å²) in [6.07, 6.45) is 1.55. The van der Waals surface area contributed by atoms with Crippen LogP contribution in [0.3, 0.4) is 0 Å². The van der Waals surface area contributed by atoms with Crippen molar-refractivity contribution in [3.63, 3.8) is 0 Å². The Morgan fingerprint density at radius 2 is 1.71 bits per heavy atom. The molecule has 0 aliphatic heterocycles. The van der Waals surface area contributed by atoms with E-state index in [0.29, 0.717) is 21.2 Å². The molecule has 0 aliphatic rings. The molecule has 2 N–H and O–H groups in total. The number of carbonyl (C=O) groups excluding carboxylic acids is 2. The van der Waals surface area contributed by atoms with Crippen molar-refractivity contribution in [3.8, 4) is 0 Å². The maximum atomic E-state index is 13.2. The Bertz CT molecular complexity index is 1270. The zero-order valence-corrected chi connectivity index (χ0v) is 20.4. The van der Waals surface area contributed by atoms with E-state index in [9.17, 15) is 19.7 Å². The summed E-state index contributed by atoms with van der Waals surface area (Å²) in [5, 5.41) is 16.5. The van der Waals surface area contributed by atoms with Gasteiger partial charge in [-0.05, 0) is 64.3 Å². The third kappa shape index (κ3) is 6.08. The summed E-state index contributed by atoms with van der Waals surface area (Å²) in [7, 11) is 3.84. The lowest BCUT2D eigenvalue weighted by Gasteiger charge is -2.14. The highest BCUT2D eigenvalue weighted by atomic mass is 79.9. The number of anilines is 2. The van der Waals surface area contributed by atoms with Crippen molar-refractivity contribution in [2.45, 2.75) is 6.92 Å². The summed E-state index contributed by atoms with van der Waals surface area (Å²) in [5.41, 5.74) is 2.79. The molecule has 0 unspecified atom stereocenters. The van der Waals surface area contributed by atoms with E-state index < -0.39 is 16.7 Å². The molecule has 34 heavy (non-hydrogen) atoms. The molecule has 0 aromatic heterocycles. The van der Waals surface area contributed by atoms with Gasteiger partial charge in [-0.2, -0.15) is 0 Å². The molecular weight excluding hydrogens is 500 g/mol. The fraction of sp³-hybridized carbons (Fsp3) is 0.120. The first-order valence-electron chi connectivity index (χ1n) is 10.3. The summed E-state index contributed by atoms with van der Waals surface area (Å²) in [4.78, 5) is 38.7. The van der Waals surface area contributed by atoms with Gasteiger partial charge in [0.25, 0.3) is 17.5 Å². The number of amides is 2. The first-order chi connectivity index (χ1) is 16.2. The van der Waals surface area contributed by atoms with E-state index in [-0.39, 0.29) is 17.1 Å². The molecular formula is C25H23BrN4O4. The monoisotopic (exact) mass is 522 g/mol. The number of carbonyl (C=O) groups is 2. The number of hydrogen-bond donors (Lipinski definition) is 2. The van der Waals surface area contributed by atoms with Gasteiger partial charge in [-0.3, -0.25) is 19.7 Å². The quantitative estimate of drug-likeness (QED) is 0.254. The second-order valence-corrected chi connectivity index (χ2v) is 8.54. The normalized spacial score (nSPS) is 11.0. The van der Waals surface area contributed by atoms with Crippen LogP contribution in [0.15, 0.2) is 76.9 Å². The van der Waals surface area contributed by atoms with E-state index in [1.165, 1.54) is 12.1 Å². The number of nitrogens with zero attached hydrogens (tertiary/aromatic N) is 2. The fourth-order valence-electron chi connectivity index (χ4n) is 3.08. The van der Waals surface area contributed by atoms with Gasteiger partial charge in [-0.15, -0.1) is 0 Å². The number of nitrogens with one attached hydrogen (secondary N) is 2. The van der Waals surface area contributed by atoms with E-state index in [2.05, 4.69) is 26.6 Å². The second kappa shape index (κ2) is 10.8. The first kappa shape index (κ1) is 24.7. The van der Waals surface area contributed by atoms with Crippen molar-refractivity contribution in [3.05, 3.63) is 104 Å². The molecule has 0 fully saturated rings. The molecule has 0 saturated heterocycles. The molecule has 0 atom stereocenters. The van der Waals surface area contributed by atoms with Gasteiger partial charge < -0.3 is 15.5 Å². The molecule has 8 nitrogen and oxygen atoms in total. The Kier molecular flexibility index (Phi) is 7.80. The minimum Gasteiger partial charge on any atom is -0.378 e. The van der Waals surface area contributed by atoms with Crippen molar-refractivity contribution in [1.82, 2.24) is 5.32 Å². The summed E-state index contributed by atoms with van der Waals surface area (Å²) in [6.45, 7) is 1.72. The highest BCUT2D eigenvalue weighted by molar-refractivity contribution is 9.10. The van der Waals surface area contributed by atoms with E-state index >= 15 is 0 Å². The van der Waals surface area contributed by atoms with Crippen molar-refractivity contribution >= 4 is 50.9 Å². The highest BCUT2D eigenvalue weighted by Gasteiger charge is 2.18. The van der Waals surface area contributed by atoms with E-state index in [1.54, 1.807) is 43.3 Å². The first-order valence-corrected chi connectivity index (χ1v) is 11.1. The molecule has 174 valence electrons. The third-order valence-electron chi connectivity index (χ3n) is 5.01. The average molecular weight is 523 g/mol. The lowest BCUT2D eigenvalue weighted by atomic mass is 10.1. The van der Waals surface area contributed by atoms with Gasteiger partial charge in [0.05, 0.1) is 16.2 Å². The Hall–Kier alpha value is -3.98. The van der Waals surface area contributed by atoms with E-state index in [0.717, 1.165) is 5.69 Å². The van der Waals surface area contributed by atoms with E-state index in [4.69, 9.17) is 0 Å². The van der Waals surface area contributed by atoms with Crippen LogP contribution in [0.2, 0.25) is 0 Å². The number of non-ortho nitro benzene ring substituents is 1. The molecule has 3 aromatic rings. The summed E-state index contributed by atoms with van der Waals surface area (Å²) < 4.78 is 0.581. The Morgan fingerprint density at radius 3 is 2.32 bits per heavy atom. The van der Waals surface area contributed by atoms with Crippen LogP contribution in [0.25, 0.3) is 6.08 Å². The van der Waals surface area contributed by atoms with Crippen LogP contribution in [-0.4, -0.2) is 30.8 Å². The highest BCUT2D eigenvalue weighted by Crippen LogP contribution is 2.23. The van der Waals surface area contributed by atoms with Gasteiger partial charge in [-0.25, -0.2) is 0 Å². The van der Waals surface area contributed by atoms with Crippen LogP contribution in [-0.2, 0) is 4.79 Å². The van der Waals surface area contributed by atoms with Crippen LogP contribution in [0.1, 0.15) is 21.5 Å². The zero-order valence-electron chi connectivity index (χ0n) is 18.8. The molecule has 2 amide bonds. The standard InChI is InChI=1S/C25H23BrN4O4/c1-16-8-11-19(30(33)34)15-22(16)27-25(32)23(14-17-9-12-18(13-10-17)29(2)3)28-24(31)20-6-4-5-7-21(20)26/h4-15H,1-3H3,(H,27,32)(H,28,31)/b23-14+. The number of nitro benzene ring substituents is 1. The van der Waals surface area contributed by atoms with Crippen LogP contribution in [0.5, 0.6) is 0 Å². The van der Waals surface area contributed by atoms with Gasteiger partial charge in [-0.1, -0.05) is 30.3 Å². The topological polar surface area (TPSA) is 105 Å². The predicted octanol–water partition coefficient (Wildman–Crippen LogP) is 5.14. The molecule has 3 aromatic carbocycles. The molecule has 9 heteroatoms. The van der Waals surface area contributed by atoms with Crippen molar-refractivity contribution in [2.24, 2.45) is 0 Å². The number of aryl methyl sites for hydroxylation is 1. The van der Waals surface area contributed by atoms with Gasteiger partial charge in [0.1, 0.15) is 5.70 Å². The largest absolute Gasteiger partial charge is 0.378 e. The second-order valence-electron chi connectivity index (χ2n) is 7.69. The van der Waals surface area contributed by atoms with Crippen molar-refractivity contribution in [2.75, 3.05) is 24.3 Å². The summed E-state index contributed by atoms with van der Waals surface area (Å²) in [5.74, 6) is -1.09. The Balaban J connectivity index is 1.96. The van der Waals surface area contributed by atoms with Crippen molar-refractivity contribution in [1.29, 1.82) is 0 Å². The lowest BCUT2D eigenvalue weighted by molar-refractivity contribution is -0.384. The van der Waals surface area contributed by atoms with Gasteiger partial charge in [0.15, 0.2) is 0 Å². The van der Waals surface area contributed by atoms with Crippen molar-refractivity contribution < 1.29 is 14.5 Å². The van der Waals surface area contributed by atoms with Gasteiger partial charge in [0.2, 0.25) is 0 Å². The molecule has 3 rings (SSSR count). The van der Waals surface area contributed by atoms with Crippen LogP contribution in [0.4, 0.5) is 17.1 Å². The average Bonchev–Trinajstić information content (AvgIpc) is 2.80. The zero-order chi connectivity index (χ0) is 24.8. The Labute approximate surface area is 205 Å². The molecule has 0 heterocycles. The SMILES string of the molecule is Cc1ccc([N+](=O)[O-])cc1NC(=O)/C(=C\c1ccc(N(C)C)cc1)NC(=O)c1ccccc1Br. The maximum Gasteiger partial charge on any atom is 0.272 e.